The predicted molar refractivity (Wildman–Crippen MR) is 241 cm³/mol. The van der Waals surface area contributed by atoms with Gasteiger partial charge in [0.15, 0.2) is 0 Å². The van der Waals surface area contributed by atoms with Crippen molar-refractivity contribution in [3.8, 4) is 17.3 Å². The first-order valence-corrected chi connectivity index (χ1v) is 20.6. The van der Waals surface area contributed by atoms with E-state index in [0.29, 0.717) is 6.04 Å². The molecule has 0 unspecified atom stereocenters. The van der Waals surface area contributed by atoms with Crippen LogP contribution in [0.4, 0.5) is 5.69 Å². The molecule has 0 bridgehead atoms. The van der Waals surface area contributed by atoms with Gasteiger partial charge < -0.3 is 14.5 Å². The van der Waals surface area contributed by atoms with Crippen molar-refractivity contribution >= 4 is 70.4 Å². The van der Waals surface area contributed by atoms with Crippen LogP contribution in [0, 0.1) is 0 Å². The van der Waals surface area contributed by atoms with Crippen LogP contribution in [-0.4, -0.2) is 27.2 Å². The quantitative estimate of drug-likeness (QED) is 0.162. The summed E-state index contributed by atoms with van der Waals surface area (Å²) in [7, 11) is 0. The maximum Gasteiger partial charge on any atom is 0.137 e. The molecule has 0 aliphatic carbocycles. The lowest BCUT2D eigenvalue weighted by molar-refractivity contribution is 0.353. The molecule has 280 valence electrons. The van der Waals surface area contributed by atoms with Crippen LogP contribution < -0.4 is 9.64 Å². The first-order chi connectivity index (χ1) is 27.7. The van der Waals surface area contributed by atoms with E-state index >= 15 is 0 Å². The van der Waals surface area contributed by atoms with Gasteiger partial charge in [-0.2, -0.15) is 0 Å². The van der Waals surface area contributed by atoms with Gasteiger partial charge in [-0.1, -0.05) is 112 Å². The molecule has 0 spiro atoms. The van der Waals surface area contributed by atoms with Crippen molar-refractivity contribution in [2.24, 2.45) is 0 Å². The second-order valence-electron chi connectivity index (χ2n) is 16.3. The van der Waals surface area contributed by atoms with E-state index < -0.39 is 0 Å². The highest BCUT2D eigenvalue weighted by molar-refractivity contribution is 7.26. The average molecular weight is 761 g/mol. The molecule has 0 N–H and O–H groups in total. The SMILES string of the molecule is CC(C)N1CN(c2cccc(Oc3ccc4c5ccc6sc7ccccc7c6c5n(-c5cc(C(C)(C)C)ccn5)c4c3)c2)C(c2ccccc2)=C1c1ccccc1. The first-order valence-electron chi connectivity index (χ1n) is 19.8. The molecular weight excluding hydrogens is 717 g/mol. The molecular formula is C51H44N4OS. The fourth-order valence-corrected chi connectivity index (χ4v) is 9.54. The van der Waals surface area contributed by atoms with E-state index in [1.165, 1.54) is 64.5 Å². The van der Waals surface area contributed by atoms with Gasteiger partial charge in [-0.15, -0.1) is 11.3 Å². The summed E-state index contributed by atoms with van der Waals surface area (Å²) in [6.45, 7) is 12.0. The lowest BCUT2D eigenvalue weighted by Crippen LogP contribution is -2.32. The largest absolute Gasteiger partial charge is 0.457 e. The molecule has 6 aromatic carbocycles. The van der Waals surface area contributed by atoms with Crippen LogP contribution in [-0.2, 0) is 5.41 Å². The standard InChI is InChI=1S/C51H44N4OS/c1-33(2)53-32-54(49(35-17-10-7-11-18-35)48(53)34-15-8-6-9-16-34)37-19-14-20-38(30-37)56-39-23-24-40-41-25-26-45-47(42-21-12-13-22-44(42)57-45)50(41)55(43(40)31-39)46-29-36(27-28-52-46)51(3,4)5/h6-31,33H,32H2,1-5H3. The molecule has 0 saturated carbocycles. The van der Waals surface area contributed by atoms with Gasteiger partial charge in [0, 0.05) is 72.1 Å². The monoisotopic (exact) mass is 760 g/mol. The summed E-state index contributed by atoms with van der Waals surface area (Å²) in [5.74, 6) is 2.46. The van der Waals surface area contributed by atoms with Crippen molar-refractivity contribution in [3.05, 3.63) is 175 Å². The zero-order valence-corrected chi connectivity index (χ0v) is 33.7. The van der Waals surface area contributed by atoms with Crippen molar-refractivity contribution in [1.29, 1.82) is 0 Å². The minimum Gasteiger partial charge on any atom is -0.457 e. The van der Waals surface area contributed by atoms with Gasteiger partial charge in [0.05, 0.1) is 29.1 Å². The molecule has 0 fully saturated rings. The summed E-state index contributed by atoms with van der Waals surface area (Å²) in [6.07, 6.45) is 1.95. The lowest BCUT2D eigenvalue weighted by Gasteiger charge is -2.28. The smallest absolute Gasteiger partial charge is 0.137 e. The van der Waals surface area contributed by atoms with Crippen molar-refractivity contribution in [2.75, 3.05) is 11.6 Å². The number of aromatic nitrogens is 2. The Balaban J connectivity index is 1.11. The maximum absolute atomic E-state index is 6.83. The molecule has 5 nitrogen and oxygen atoms in total. The van der Waals surface area contributed by atoms with Gasteiger partial charge in [0.25, 0.3) is 0 Å². The Hall–Kier alpha value is -6.37. The van der Waals surface area contributed by atoms with Crippen molar-refractivity contribution in [3.63, 3.8) is 0 Å². The summed E-state index contributed by atoms with van der Waals surface area (Å²) >= 11 is 1.84. The van der Waals surface area contributed by atoms with Crippen molar-refractivity contribution in [2.45, 2.75) is 46.1 Å². The van der Waals surface area contributed by atoms with E-state index in [9.17, 15) is 0 Å². The molecule has 9 aromatic rings. The zero-order chi connectivity index (χ0) is 38.8. The molecule has 0 amide bonds. The zero-order valence-electron chi connectivity index (χ0n) is 32.9. The number of benzene rings is 6. The summed E-state index contributed by atoms with van der Waals surface area (Å²) in [5, 5.41) is 4.91. The summed E-state index contributed by atoms with van der Waals surface area (Å²) < 4.78 is 11.7. The van der Waals surface area contributed by atoms with Crippen LogP contribution in [0.5, 0.6) is 11.5 Å². The normalized spacial score (nSPS) is 13.6. The van der Waals surface area contributed by atoms with E-state index in [1.54, 1.807) is 0 Å². The van der Waals surface area contributed by atoms with Gasteiger partial charge in [-0.05, 0) is 73.4 Å². The number of pyridine rings is 1. The van der Waals surface area contributed by atoms with Gasteiger partial charge >= 0.3 is 0 Å². The van der Waals surface area contributed by atoms with Crippen LogP contribution >= 0.6 is 11.3 Å². The molecule has 10 rings (SSSR count). The molecule has 4 heterocycles. The maximum atomic E-state index is 6.83. The third-order valence-corrected chi connectivity index (χ3v) is 12.4. The van der Waals surface area contributed by atoms with Crippen LogP contribution in [0.3, 0.4) is 0 Å². The Morgan fingerprint density at radius 3 is 2.09 bits per heavy atom. The molecule has 1 aliphatic rings. The molecule has 0 atom stereocenters. The molecule has 57 heavy (non-hydrogen) atoms. The summed E-state index contributed by atoms with van der Waals surface area (Å²) in [6, 6.07) is 54.5. The molecule has 0 saturated heterocycles. The molecule has 3 aromatic heterocycles. The first kappa shape index (κ1) is 35.1. The highest BCUT2D eigenvalue weighted by Gasteiger charge is 2.33. The van der Waals surface area contributed by atoms with Crippen LogP contribution in [0.25, 0.3) is 59.2 Å². The number of rotatable bonds is 7. The fraction of sp³-hybridized carbons (Fsp3) is 0.157. The highest BCUT2D eigenvalue weighted by atomic mass is 32.1. The number of hydrogen-bond acceptors (Lipinski definition) is 5. The number of fused-ring (bicyclic) bond motifs is 7. The Bertz CT molecular complexity index is 2990. The van der Waals surface area contributed by atoms with Gasteiger partial charge in [0.1, 0.15) is 17.3 Å². The summed E-state index contributed by atoms with van der Waals surface area (Å²) in [4.78, 5) is 9.95. The van der Waals surface area contributed by atoms with Gasteiger partial charge in [0.2, 0.25) is 0 Å². The van der Waals surface area contributed by atoms with Crippen LogP contribution in [0.2, 0.25) is 0 Å². The lowest BCUT2D eigenvalue weighted by atomic mass is 9.88. The summed E-state index contributed by atoms with van der Waals surface area (Å²) in [5.41, 5.74) is 9.34. The van der Waals surface area contributed by atoms with E-state index in [1.807, 2.05) is 17.5 Å². The molecule has 0 radical (unpaired) electrons. The van der Waals surface area contributed by atoms with Gasteiger partial charge in [-0.25, -0.2) is 4.98 Å². The minimum absolute atomic E-state index is 0.0287. The minimum atomic E-state index is -0.0287. The van der Waals surface area contributed by atoms with E-state index in [2.05, 4.69) is 201 Å². The second kappa shape index (κ2) is 13.7. The highest BCUT2D eigenvalue weighted by Crippen LogP contribution is 2.45. The van der Waals surface area contributed by atoms with Crippen molar-refractivity contribution in [1.82, 2.24) is 14.5 Å². The van der Waals surface area contributed by atoms with E-state index in [0.717, 1.165) is 35.2 Å². The van der Waals surface area contributed by atoms with Crippen LogP contribution in [0.15, 0.2) is 158 Å². The Labute approximate surface area is 337 Å². The van der Waals surface area contributed by atoms with Gasteiger partial charge in [-0.3, -0.25) is 4.57 Å². The van der Waals surface area contributed by atoms with E-state index in [-0.39, 0.29) is 5.41 Å². The predicted octanol–water partition coefficient (Wildman–Crippen LogP) is 13.7. The number of anilines is 1. The molecule has 6 heteroatoms. The topological polar surface area (TPSA) is 33.5 Å². The Kier molecular flexibility index (Phi) is 8.42. The Morgan fingerprint density at radius 1 is 0.632 bits per heavy atom. The number of nitrogens with zero attached hydrogens (tertiary/aromatic N) is 4. The third-order valence-electron chi connectivity index (χ3n) is 11.2. The van der Waals surface area contributed by atoms with E-state index in [4.69, 9.17) is 9.72 Å². The average Bonchev–Trinajstić information content (AvgIpc) is 3.91. The second-order valence-corrected chi connectivity index (χ2v) is 17.3. The molecule has 1 aliphatic heterocycles. The number of thiophene rings is 1. The van der Waals surface area contributed by atoms with Crippen molar-refractivity contribution < 1.29 is 4.74 Å². The number of hydrogen-bond donors (Lipinski definition) is 0. The number of ether oxygens (including phenoxy) is 1. The van der Waals surface area contributed by atoms with Crippen LogP contribution in [0.1, 0.15) is 51.3 Å². The fourth-order valence-electron chi connectivity index (χ4n) is 8.43. The third kappa shape index (κ3) is 6.03. The Morgan fingerprint density at radius 2 is 1.33 bits per heavy atom.